The van der Waals surface area contributed by atoms with Crippen LogP contribution in [0.15, 0.2) is 48.5 Å². The van der Waals surface area contributed by atoms with Crippen molar-refractivity contribution >= 4 is 11.9 Å². The van der Waals surface area contributed by atoms with Gasteiger partial charge in [0.2, 0.25) is 0 Å². The molecule has 6 nitrogen and oxygen atoms in total. The molecule has 2 aromatic carbocycles. The molecule has 1 N–H and O–H groups in total. The number of hydrogen-bond acceptors (Lipinski definition) is 5. The van der Waals surface area contributed by atoms with Crippen molar-refractivity contribution in [1.82, 2.24) is 10.2 Å². The molecule has 0 saturated heterocycles. The van der Waals surface area contributed by atoms with Crippen LogP contribution >= 0.6 is 0 Å². The standard InChI is InChI=1S/C19H15FN2O4/c1-11-3-8-17(14(9-11)18(23)25-2)26-19(24)16-10-15(21-22-16)12-4-6-13(20)7-5-12/h3-10H,1-2H3,(H,21,22). The number of aromatic amines is 1. The molecule has 3 rings (SSSR count). The molecule has 26 heavy (non-hydrogen) atoms. The molecular weight excluding hydrogens is 339 g/mol. The average Bonchev–Trinajstić information content (AvgIpc) is 3.13. The second-order valence-electron chi connectivity index (χ2n) is 5.55. The fraction of sp³-hybridized carbons (Fsp3) is 0.105. The Hall–Kier alpha value is -3.48. The molecular formula is C19H15FN2O4. The van der Waals surface area contributed by atoms with E-state index in [1.54, 1.807) is 24.3 Å². The van der Waals surface area contributed by atoms with E-state index in [0.29, 0.717) is 11.3 Å². The van der Waals surface area contributed by atoms with Crippen LogP contribution in [-0.2, 0) is 4.74 Å². The minimum absolute atomic E-state index is 0.0883. The summed E-state index contributed by atoms with van der Waals surface area (Å²) in [5.74, 6) is -1.59. The van der Waals surface area contributed by atoms with Gasteiger partial charge in [-0.2, -0.15) is 5.10 Å². The van der Waals surface area contributed by atoms with Crippen LogP contribution in [-0.4, -0.2) is 29.2 Å². The molecule has 0 saturated carbocycles. The molecule has 3 aromatic rings. The molecule has 0 atom stereocenters. The third kappa shape index (κ3) is 3.61. The minimum atomic E-state index is -0.708. The topological polar surface area (TPSA) is 81.3 Å². The van der Waals surface area contributed by atoms with Crippen LogP contribution < -0.4 is 4.74 Å². The van der Waals surface area contributed by atoms with Crippen LogP contribution in [0, 0.1) is 12.7 Å². The van der Waals surface area contributed by atoms with Crippen LogP contribution in [0.2, 0.25) is 0 Å². The number of benzene rings is 2. The van der Waals surface area contributed by atoms with Gasteiger partial charge < -0.3 is 9.47 Å². The zero-order valence-electron chi connectivity index (χ0n) is 14.1. The monoisotopic (exact) mass is 354 g/mol. The number of methoxy groups -OCH3 is 1. The van der Waals surface area contributed by atoms with Crippen molar-refractivity contribution in [3.63, 3.8) is 0 Å². The van der Waals surface area contributed by atoms with Crippen molar-refractivity contribution in [1.29, 1.82) is 0 Å². The smallest absolute Gasteiger partial charge is 0.361 e. The summed E-state index contributed by atoms with van der Waals surface area (Å²) in [6, 6.07) is 12.0. The third-order valence-electron chi connectivity index (χ3n) is 3.68. The number of ether oxygens (including phenoxy) is 2. The third-order valence-corrected chi connectivity index (χ3v) is 3.68. The van der Waals surface area contributed by atoms with E-state index in [0.717, 1.165) is 5.56 Å². The van der Waals surface area contributed by atoms with Gasteiger partial charge in [-0.05, 0) is 55.0 Å². The van der Waals surface area contributed by atoms with Crippen LogP contribution in [0.5, 0.6) is 5.75 Å². The number of rotatable bonds is 4. The Kier molecular flexibility index (Phi) is 4.79. The summed E-state index contributed by atoms with van der Waals surface area (Å²) in [7, 11) is 1.25. The Bertz CT molecular complexity index is 964. The fourth-order valence-corrected chi connectivity index (χ4v) is 2.35. The van der Waals surface area contributed by atoms with E-state index < -0.39 is 11.9 Å². The number of nitrogens with one attached hydrogen (secondary N) is 1. The van der Waals surface area contributed by atoms with Crippen LogP contribution in [0.1, 0.15) is 26.4 Å². The number of esters is 2. The Labute approximate surface area is 148 Å². The largest absolute Gasteiger partial charge is 0.465 e. The fourth-order valence-electron chi connectivity index (χ4n) is 2.35. The number of halogens is 1. The number of nitrogens with zero attached hydrogens (tertiary/aromatic N) is 1. The number of hydrogen-bond donors (Lipinski definition) is 1. The summed E-state index contributed by atoms with van der Waals surface area (Å²) < 4.78 is 23.0. The maximum Gasteiger partial charge on any atom is 0.361 e. The molecule has 7 heteroatoms. The molecule has 0 aliphatic heterocycles. The van der Waals surface area contributed by atoms with Crippen molar-refractivity contribution in [3.8, 4) is 17.0 Å². The van der Waals surface area contributed by atoms with Gasteiger partial charge >= 0.3 is 11.9 Å². The molecule has 0 aliphatic carbocycles. The van der Waals surface area contributed by atoms with Crippen LogP contribution in [0.25, 0.3) is 11.3 Å². The molecule has 0 spiro atoms. The lowest BCUT2D eigenvalue weighted by atomic mass is 10.1. The zero-order valence-corrected chi connectivity index (χ0v) is 14.1. The van der Waals surface area contributed by atoms with Crippen molar-refractivity contribution in [2.24, 2.45) is 0 Å². The summed E-state index contributed by atoms with van der Waals surface area (Å²) >= 11 is 0. The normalized spacial score (nSPS) is 10.4. The maximum atomic E-state index is 13.0. The van der Waals surface area contributed by atoms with Gasteiger partial charge in [0.15, 0.2) is 0 Å². The van der Waals surface area contributed by atoms with E-state index in [1.807, 2.05) is 6.92 Å². The summed E-state index contributed by atoms with van der Waals surface area (Å²) in [6.45, 7) is 1.81. The van der Waals surface area contributed by atoms with Crippen LogP contribution in [0.4, 0.5) is 4.39 Å². The summed E-state index contributed by atoms with van der Waals surface area (Å²) in [5, 5.41) is 6.61. The molecule has 0 unspecified atom stereocenters. The predicted octanol–water partition coefficient (Wildman–Crippen LogP) is 3.53. The van der Waals surface area contributed by atoms with Crippen molar-refractivity contribution in [2.75, 3.05) is 7.11 Å². The van der Waals surface area contributed by atoms with Gasteiger partial charge in [0.25, 0.3) is 0 Å². The van der Waals surface area contributed by atoms with Crippen molar-refractivity contribution in [3.05, 3.63) is 71.2 Å². The number of carbonyl (C=O) groups is 2. The first kappa shape index (κ1) is 17.3. The Morgan fingerprint density at radius 1 is 1.04 bits per heavy atom. The molecule has 0 radical (unpaired) electrons. The van der Waals surface area contributed by atoms with Gasteiger partial charge in [-0.3, -0.25) is 5.10 Å². The Balaban J connectivity index is 1.83. The van der Waals surface area contributed by atoms with Gasteiger partial charge in [0.1, 0.15) is 22.8 Å². The first-order chi connectivity index (χ1) is 12.5. The summed E-state index contributed by atoms with van der Waals surface area (Å²) in [4.78, 5) is 24.2. The Morgan fingerprint density at radius 2 is 1.77 bits per heavy atom. The molecule has 132 valence electrons. The maximum absolute atomic E-state index is 13.0. The summed E-state index contributed by atoms with van der Waals surface area (Å²) in [5.41, 5.74) is 2.19. The van der Waals surface area contributed by atoms with Crippen molar-refractivity contribution < 1.29 is 23.5 Å². The first-order valence-corrected chi connectivity index (χ1v) is 7.70. The Morgan fingerprint density at radius 3 is 2.46 bits per heavy atom. The van der Waals surface area contributed by atoms with Gasteiger partial charge in [-0.1, -0.05) is 6.07 Å². The van der Waals surface area contributed by atoms with Gasteiger partial charge in [-0.15, -0.1) is 0 Å². The molecule has 0 bridgehead atoms. The van der Waals surface area contributed by atoms with E-state index in [-0.39, 0.29) is 22.8 Å². The molecule has 0 amide bonds. The lowest BCUT2D eigenvalue weighted by molar-refractivity contribution is 0.0592. The number of H-pyrrole nitrogens is 1. The number of aromatic nitrogens is 2. The van der Waals surface area contributed by atoms with Crippen LogP contribution in [0.3, 0.4) is 0 Å². The minimum Gasteiger partial charge on any atom is -0.465 e. The van der Waals surface area contributed by atoms with E-state index in [4.69, 9.17) is 9.47 Å². The molecule has 0 aliphatic rings. The van der Waals surface area contributed by atoms with E-state index >= 15 is 0 Å². The first-order valence-electron chi connectivity index (χ1n) is 7.70. The lowest BCUT2D eigenvalue weighted by Gasteiger charge is -2.08. The average molecular weight is 354 g/mol. The lowest BCUT2D eigenvalue weighted by Crippen LogP contribution is -2.13. The predicted molar refractivity (Wildman–Crippen MR) is 91.5 cm³/mol. The van der Waals surface area contributed by atoms with Gasteiger partial charge in [-0.25, -0.2) is 14.0 Å². The molecule has 0 fully saturated rings. The van der Waals surface area contributed by atoms with E-state index in [2.05, 4.69) is 10.2 Å². The second-order valence-corrected chi connectivity index (χ2v) is 5.55. The molecule has 1 aromatic heterocycles. The van der Waals surface area contributed by atoms with E-state index in [1.165, 1.54) is 31.4 Å². The zero-order chi connectivity index (χ0) is 18.7. The second kappa shape index (κ2) is 7.18. The highest BCUT2D eigenvalue weighted by molar-refractivity contribution is 5.96. The highest BCUT2D eigenvalue weighted by Crippen LogP contribution is 2.23. The van der Waals surface area contributed by atoms with E-state index in [9.17, 15) is 14.0 Å². The van der Waals surface area contributed by atoms with Gasteiger partial charge in [0, 0.05) is 5.56 Å². The highest BCUT2D eigenvalue weighted by Gasteiger charge is 2.19. The highest BCUT2D eigenvalue weighted by atomic mass is 19.1. The SMILES string of the molecule is COC(=O)c1cc(C)ccc1OC(=O)c1cc(-c2ccc(F)cc2)n[nH]1. The molecule has 1 heterocycles. The quantitative estimate of drug-likeness (QED) is 0.573. The number of carbonyl (C=O) groups excluding carboxylic acids is 2. The van der Waals surface area contributed by atoms with Gasteiger partial charge in [0.05, 0.1) is 12.8 Å². The summed E-state index contributed by atoms with van der Waals surface area (Å²) in [6.07, 6.45) is 0. The number of aryl methyl sites for hydroxylation is 1. The van der Waals surface area contributed by atoms with Crippen molar-refractivity contribution in [2.45, 2.75) is 6.92 Å².